The van der Waals surface area contributed by atoms with E-state index in [9.17, 15) is 14.7 Å². The third-order valence-electron chi connectivity index (χ3n) is 4.57. The molecule has 1 aromatic carbocycles. The monoisotopic (exact) mass is 369 g/mol. The molecule has 0 spiro atoms. The number of carbonyl (C=O) groups is 2. The van der Waals surface area contributed by atoms with Gasteiger partial charge in [0.1, 0.15) is 0 Å². The summed E-state index contributed by atoms with van der Waals surface area (Å²) in [5.41, 5.74) is 0.166. The molecule has 26 heavy (non-hydrogen) atoms. The first-order valence-corrected chi connectivity index (χ1v) is 9.63. The fourth-order valence-electron chi connectivity index (χ4n) is 2.99. The van der Waals surface area contributed by atoms with Crippen molar-refractivity contribution in [2.24, 2.45) is 0 Å². The molecular weight excluding hydrogens is 337 g/mol. The standard InChI is InChI=1S/C21H33NO3.Na/c1-3-4-5-6-7-8-9-10-11-14-17-22(2)20(23)18-15-12-13-16-19(18)21(24)25;/h12-13,15-16H,3-11,14,17H2,1-2H3,(H,24,25);/q;+1/p-1. The Bertz CT molecular complexity index is 534. The van der Waals surface area contributed by atoms with Crippen LogP contribution in [0.2, 0.25) is 0 Å². The number of aromatic carboxylic acids is 1. The van der Waals surface area contributed by atoms with Gasteiger partial charge >= 0.3 is 29.6 Å². The van der Waals surface area contributed by atoms with Gasteiger partial charge in [0.05, 0.1) is 5.97 Å². The molecule has 0 aliphatic heterocycles. The van der Waals surface area contributed by atoms with Crippen LogP contribution in [-0.2, 0) is 0 Å². The molecular formula is C21H32NNaO3. The van der Waals surface area contributed by atoms with Crippen LogP contribution < -0.4 is 34.7 Å². The van der Waals surface area contributed by atoms with Crippen LogP contribution in [0.4, 0.5) is 0 Å². The van der Waals surface area contributed by atoms with E-state index in [0.29, 0.717) is 6.54 Å². The Labute approximate surface area is 180 Å². The number of amides is 1. The summed E-state index contributed by atoms with van der Waals surface area (Å²) in [6.45, 7) is 2.88. The largest absolute Gasteiger partial charge is 1.00 e. The SMILES string of the molecule is CCCCCCCCCCCCN(C)C(=O)c1ccccc1C(=O)[O-].[Na+]. The molecule has 4 nitrogen and oxygen atoms in total. The van der Waals surface area contributed by atoms with Crippen LogP contribution >= 0.6 is 0 Å². The van der Waals surface area contributed by atoms with E-state index in [1.807, 2.05) is 0 Å². The molecule has 0 bridgehead atoms. The van der Waals surface area contributed by atoms with Crippen molar-refractivity contribution in [2.45, 2.75) is 71.1 Å². The second-order valence-electron chi connectivity index (χ2n) is 6.74. The van der Waals surface area contributed by atoms with Gasteiger partial charge < -0.3 is 14.8 Å². The number of nitrogens with zero attached hydrogens (tertiary/aromatic N) is 1. The molecule has 0 fully saturated rings. The molecule has 0 unspecified atom stereocenters. The summed E-state index contributed by atoms with van der Waals surface area (Å²) < 4.78 is 0. The van der Waals surface area contributed by atoms with Crippen LogP contribution in [0.25, 0.3) is 0 Å². The molecule has 140 valence electrons. The van der Waals surface area contributed by atoms with Gasteiger partial charge in [-0.1, -0.05) is 82.9 Å². The molecule has 0 heterocycles. The molecule has 0 aliphatic rings. The van der Waals surface area contributed by atoms with Crippen molar-refractivity contribution < 1.29 is 44.3 Å². The van der Waals surface area contributed by atoms with Crippen LogP contribution in [0.1, 0.15) is 91.8 Å². The Morgan fingerprint density at radius 2 is 1.31 bits per heavy atom. The molecule has 0 saturated heterocycles. The number of hydrogen-bond acceptors (Lipinski definition) is 3. The van der Waals surface area contributed by atoms with E-state index in [1.165, 1.54) is 57.4 Å². The zero-order valence-corrected chi connectivity index (χ0v) is 18.8. The Morgan fingerprint density at radius 1 is 0.846 bits per heavy atom. The predicted octanol–water partition coefficient (Wildman–Crippen LogP) is 1.05. The molecule has 0 aliphatic carbocycles. The topological polar surface area (TPSA) is 60.4 Å². The van der Waals surface area contributed by atoms with Crippen molar-refractivity contribution in [3.8, 4) is 0 Å². The van der Waals surface area contributed by atoms with E-state index in [0.717, 1.165) is 12.8 Å². The number of benzene rings is 1. The molecule has 1 aromatic rings. The molecule has 1 rings (SSSR count). The average molecular weight is 369 g/mol. The fraction of sp³-hybridized carbons (Fsp3) is 0.619. The van der Waals surface area contributed by atoms with E-state index in [4.69, 9.17) is 0 Å². The maximum Gasteiger partial charge on any atom is 1.00 e. The summed E-state index contributed by atoms with van der Waals surface area (Å²) >= 11 is 0. The number of carboxylic acid groups (broad SMARTS) is 1. The van der Waals surface area contributed by atoms with Gasteiger partial charge in [-0.15, -0.1) is 0 Å². The summed E-state index contributed by atoms with van der Waals surface area (Å²) in [7, 11) is 1.72. The smallest absolute Gasteiger partial charge is 0.545 e. The summed E-state index contributed by atoms with van der Waals surface area (Å²) in [6.07, 6.45) is 12.5. The van der Waals surface area contributed by atoms with Crippen molar-refractivity contribution >= 4 is 11.9 Å². The predicted molar refractivity (Wildman–Crippen MR) is 99.6 cm³/mol. The Balaban J connectivity index is 0.00000625. The van der Waals surface area contributed by atoms with E-state index >= 15 is 0 Å². The van der Waals surface area contributed by atoms with Crippen molar-refractivity contribution in [3.63, 3.8) is 0 Å². The van der Waals surface area contributed by atoms with Crippen LogP contribution in [0.3, 0.4) is 0 Å². The van der Waals surface area contributed by atoms with Gasteiger partial charge in [0.25, 0.3) is 5.91 Å². The van der Waals surface area contributed by atoms with Gasteiger partial charge in [-0.05, 0) is 12.5 Å². The van der Waals surface area contributed by atoms with Gasteiger partial charge in [-0.2, -0.15) is 0 Å². The van der Waals surface area contributed by atoms with Gasteiger partial charge in [0.15, 0.2) is 0 Å². The maximum absolute atomic E-state index is 12.4. The zero-order chi connectivity index (χ0) is 18.5. The Hall–Kier alpha value is -0.840. The molecule has 0 radical (unpaired) electrons. The quantitative estimate of drug-likeness (QED) is 0.386. The van der Waals surface area contributed by atoms with Gasteiger partial charge in [-0.3, -0.25) is 4.79 Å². The van der Waals surface area contributed by atoms with E-state index in [-0.39, 0.29) is 46.6 Å². The van der Waals surface area contributed by atoms with Gasteiger partial charge in [-0.25, -0.2) is 0 Å². The van der Waals surface area contributed by atoms with Crippen LogP contribution in [0, 0.1) is 0 Å². The van der Waals surface area contributed by atoms with Crippen molar-refractivity contribution in [1.29, 1.82) is 0 Å². The van der Waals surface area contributed by atoms with Gasteiger partial charge in [0, 0.05) is 24.7 Å². The third kappa shape index (κ3) is 9.75. The molecule has 0 aromatic heterocycles. The molecule has 0 saturated carbocycles. The normalized spacial score (nSPS) is 10.2. The molecule has 1 amide bonds. The van der Waals surface area contributed by atoms with Crippen LogP contribution in [-0.4, -0.2) is 30.4 Å². The van der Waals surface area contributed by atoms with E-state index in [1.54, 1.807) is 30.1 Å². The minimum atomic E-state index is -1.31. The number of carboxylic acids is 1. The van der Waals surface area contributed by atoms with Crippen molar-refractivity contribution in [1.82, 2.24) is 4.90 Å². The number of carbonyl (C=O) groups excluding carboxylic acids is 2. The first-order valence-electron chi connectivity index (χ1n) is 9.63. The Kier molecular flexibility index (Phi) is 14.7. The second kappa shape index (κ2) is 15.2. The molecule has 0 N–H and O–H groups in total. The van der Waals surface area contributed by atoms with Crippen molar-refractivity contribution in [3.05, 3.63) is 35.4 Å². The number of unbranched alkanes of at least 4 members (excludes halogenated alkanes) is 9. The van der Waals surface area contributed by atoms with Gasteiger partial charge in [0.2, 0.25) is 0 Å². The first kappa shape index (κ1) is 25.2. The van der Waals surface area contributed by atoms with Crippen LogP contribution in [0.5, 0.6) is 0 Å². The summed E-state index contributed by atoms with van der Waals surface area (Å²) in [4.78, 5) is 25.1. The average Bonchev–Trinajstić information content (AvgIpc) is 2.62. The third-order valence-corrected chi connectivity index (χ3v) is 4.57. The van der Waals surface area contributed by atoms with E-state index in [2.05, 4.69) is 6.92 Å². The summed E-state index contributed by atoms with van der Waals surface area (Å²) in [5, 5.41) is 11.1. The fourth-order valence-corrected chi connectivity index (χ4v) is 2.99. The molecule has 0 atom stereocenters. The summed E-state index contributed by atoms with van der Waals surface area (Å²) in [6, 6.07) is 6.23. The first-order chi connectivity index (χ1) is 12.1. The maximum atomic E-state index is 12.4. The summed E-state index contributed by atoms with van der Waals surface area (Å²) in [5.74, 6) is -1.56. The number of rotatable bonds is 13. The zero-order valence-electron chi connectivity index (χ0n) is 16.8. The second-order valence-corrected chi connectivity index (χ2v) is 6.74. The minimum Gasteiger partial charge on any atom is -0.545 e. The Morgan fingerprint density at radius 3 is 1.81 bits per heavy atom. The minimum absolute atomic E-state index is 0. The van der Waals surface area contributed by atoms with E-state index < -0.39 is 5.97 Å². The van der Waals surface area contributed by atoms with Crippen LogP contribution in [0.15, 0.2) is 24.3 Å². The molecule has 5 heteroatoms. The van der Waals surface area contributed by atoms with Crippen molar-refractivity contribution in [2.75, 3.05) is 13.6 Å². The number of hydrogen-bond donors (Lipinski definition) is 0.